The molecule has 1 heterocycles. The highest BCUT2D eigenvalue weighted by Crippen LogP contribution is 2.20. The van der Waals surface area contributed by atoms with Crippen LogP contribution in [0.4, 0.5) is 0 Å². The summed E-state index contributed by atoms with van der Waals surface area (Å²) in [7, 11) is 3.58. The first-order valence-electron chi connectivity index (χ1n) is 7.07. The topological polar surface area (TPSA) is 65.7 Å². The van der Waals surface area contributed by atoms with Gasteiger partial charge in [0.15, 0.2) is 3.95 Å². The SMILES string of the molecule is Cc1c(CCO)sc(=S)n1CCCC[C@@H](C(=O)O)N(C)C. The van der Waals surface area contributed by atoms with Gasteiger partial charge >= 0.3 is 5.97 Å². The molecule has 0 aromatic carbocycles. The van der Waals surface area contributed by atoms with E-state index in [9.17, 15) is 4.79 Å². The van der Waals surface area contributed by atoms with E-state index in [2.05, 4.69) is 4.57 Å². The van der Waals surface area contributed by atoms with Crippen LogP contribution >= 0.6 is 23.6 Å². The van der Waals surface area contributed by atoms with Gasteiger partial charge in [-0.05, 0) is 52.5 Å². The summed E-state index contributed by atoms with van der Waals surface area (Å²) in [5, 5.41) is 18.2. The second-order valence-electron chi connectivity index (χ2n) is 5.32. The maximum Gasteiger partial charge on any atom is 0.320 e. The molecule has 0 unspecified atom stereocenters. The van der Waals surface area contributed by atoms with Crippen molar-refractivity contribution in [3.8, 4) is 0 Å². The average Bonchev–Trinajstić information content (AvgIpc) is 2.65. The van der Waals surface area contributed by atoms with E-state index in [1.807, 2.05) is 6.92 Å². The lowest BCUT2D eigenvalue weighted by Crippen LogP contribution is -2.35. The number of likely N-dealkylation sites (N-methyl/N-ethyl adjacent to an activating group) is 1. The number of aromatic nitrogens is 1. The zero-order chi connectivity index (χ0) is 16.0. The smallest absolute Gasteiger partial charge is 0.320 e. The molecule has 2 N–H and O–H groups in total. The number of carboxylic acids is 1. The monoisotopic (exact) mass is 332 g/mol. The Morgan fingerprint density at radius 1 is 1.43 bits per heavy atom. The van der Waals surface area contributed by atoms with Crippen LogP contribution in [0.1, 0.15) is 29.8 Å². The Kier molecular flexibility index (Phi) is 7.51. The van der Waals surface area contributed by atoms with Crippen LogP contribution in [0.5, 0.6) is 0 Å². The van der Waals surface area contributed by atoms with Crippen molar-refractivity contribution in [2.45, 2.75) is 45.2 Å². The van der Waals surface area contributed by atoms with E-state index in [4.69, 9.17) is 22.4 Å². The molecule has 0 amide bonds. The molecule has 1 aromatic rings. The van der Waals surface area contributed by atoms with Crippen molar-refractivity contribution in [2.75, 3.05) is 20.7 Å². The van der Waals surface area contributed by atoms with Gasteiger partial charge in [0.1, 0.15) is 6.04 Å². The average molecular weight is 332 g/mol. The standard InChI is InChI=1S/C14H24N2O3S2/c1-10-12(7-9-17)21-14(20)16(10)8-5-4-6-11(13(18)19)15(2)3/h11,17H,4-9H2,1-3H3,(H,18,19)/t11-/m0/s1. The highest BCUT2D eigenvalue weighted by molar-refractivity contribution is 7.73. The number of aliphatic hydroxyl groups is 1. The van der Waals surface area contributed by atoms with Crippen LogP contribution < -0.4 is 0 Å². The number of unbranched alkanes of at least 4 members (excludes halogenated alkanes) is 1. The molecule has 0 saturated carbocycles. The molecule has 0 aliphatic heterocycles. The maximum atomic E-state index is 11.1. The molecular formula is C14H24N2O3S2. The largest absolute Gasteiger partial charge is 0.480 e. The number of hydrogen-bond donors (Lipinski definition) is 2. The maximum absolute atomic E-state index is 11.1. The molecule has 120 valence electrons. The Morgan fingerprint density at radius 3 is 2.62 bits per heavy atom. The van der Waals surface area contributed by atoms with Crippen LogP contribution in [0.25, 0.3) is 0 Å². The van der Waals surface area contributed by atoms with Gasteiger partial charge in [-0.3, -0.25) is 9.69 Å². The molecule has 0 spiro atoms. The lowest BCUT2D eigenvalue weighted by Gasteiger charge is -2.19. The van der Waals surface area contributed by atoms with Crippen molar-refractivity contribution in [3.05, 3.63) is 14.5 Å². The number of aliphatic carboxylic acids is 1. The Morgan fingerprint density at radius 2 is 2.10 bits per heavy atom. The molecule has 0 aliphatic rings. The molecule has 21 heavy (non-hydrogen) atoms. The lowest BCUT2D eigenvalue weighted by atomic mass is 10.1. The van der Waals surface area contributed by atoms with E-state index in [0.29, 0.717) is 12.8 Å². The van der Waals surface area contributed by atoms with Crippen molar-refractivity contribution < 1.29 is 15.0 Å². The van der Waals surface area contributed by atoms with Gasteiger partial charge < -0.3 is 14.8 Å². The third kappa shape index (κ3) is 5.18. The van der Waals surface area contributed by atoms with E-state index in [0.717, 1.165) is 33.9 Å². The number of carbonyl (C=O) groups is 1. The number of aliphatic hydroxyl groups excluding tert-OH is 1. The number of carboxylic acid groups (broad SMARTS) is 1. The molecule has 1 aromatic heterocycles. The predicted molar refractivity (Wildman–Crippen MR) is 87.6 cm³/mol. The highest BCUT2D eigenvalue weighted by atomic mass is 32.1. The summed E-state index contributed by atoms with van der Waals surface area (Å²) >= 11 is 6.91. The van der Waals surface area contributed by atoms with Gasteiger partial charge in [0.25, 0.3) is 0 Å². The molecular weight excluding hydrogens is 308 g/mol. The van der Waals surface area contributed by atoms with Crippen LogP contribution in [0.3, 0.4) is 0 Å². The van der Waals surface area contributed by atoms with Crippen molar-refractivity contribution in [1.29, 1.82) is 0 Å². The van der Waals surface area contributed by atoms with E-state index in [-0.39, 0.29) is 6.61 Å². The Bertz CT molecular complexity index is 523. The van der Waals surface area contributed by atoms with Gasteiger partial charge in [0.2, 0.25) is 0 Å². The molecule has 0 saturated heterocycles. The molecule has 0 bridgehead atoms. The molecule has 0 radical (unpaired) electrons. The third-order valence-electron chi connectivity index (χ3n) is 3.60. The first kappa shape index (κ1) is 18.3. The summed E-state index contributed by atoms with van der Waals surface area (Å²) in [5.41, 5.74) is 1.13. The minimum atomic E-state index is -0.770. The molecule has 7 heteroatoms. The molecule has 0 fully saturated rings. The second-order valence-corrected chi connectivity index (χ2v) is 7.04. The first-order valence-corrected chi connectivity index (χ1v) is 8.30. The van der Waals surface area contributed by atoms with Crippen molar-refractivity contribution in [1.82, 2.24) is 9.47 Å². The highest BCUT2D eigenvalue weighted by Gasteiger charge is 2.18. The first-order chi connectivity index (χ1) is 9.88. The molecule has 1 atom stereocenters. The summed E-state index contributed by atoms with van der Waals surface area (Å²) < 4.78 is 2.93. The fourth-order valence-electron chi connectivity index (χ4n) is 2.32. The fraction of sp³-hybridized carbons (Fsp3) is 0.714. The zero-order valence-corrected chi connectivity index (χ0v) is 14.5. The van der Waals surface area contributed by atoms with Gasteiger partial charge in [0, 0.05) is 30.1 Å². The third-order valence-corrected chi connectivity index (χ3v) is 5.21. The second kappa shape index (κ2) is 8.63. The normalized spacial score (nSPS) is 12.8. The molecule has 0 aliphatic carbocycles. The van der Waals surface area contributed by atoms with Gasteiger partial charge in [-0.2, -0.15) is 0 Å². The fourth-order valence-corrected chi connectivity index (χ4v) is 3.85. The van der Waals surface area contributed by atoms with Crippen molar-refractivity contribution >= 4 is 29.5 Å². The van der Waals surface area contributed by atoms with Crippen LogP contribution in [0.15, 0.2) is 0 Å². The molecule has 1 rings (SSSR count). The van der Waals surface area contributed by atoms with E-state index < -0.39 is 12.0 Å². The van der Waals surface area contributed by atoms with Gasteiger partial charge in [0.05, 0.1) is 0 Å². The van der Waals surface area contributed by atoms with Gasteiger partial charge in [-0.1, -0.05) is 0 Å². The number of nitrogens with zero attached hydrogens (tertiary/aromatic N) is 2. The Balaban J connectivity index is 2.53. The quantitative estimate of drug-likeness (QED) is 0.537. The number of hydrogen-bond acceptors (Lipinski definition) is 5. The minimum Gasteiger partial charge on any atom is -0.480 e. The Labute approximate surface area is 134 Å². The van der Waals surface area contributed by atoms with Crippen LogP contribution in [0, 0.1) is 10.9 Å². The molecule has 5 nitrogen and oxygen atoms in total. The van der Waals surface area contributed by atoms with Crippen LogP contribution in [0.2, 0.25) is 0 Å². The van der Waals surface area contributed by atoms with E-state index in [1.54, 1.807) is 30.3 Å². The minimum absolute atomic E-state index is 0.138. The van der Waals surface area contributed by atoms with Crippen LogP contribution in [-0.4, -0.2) is 52.4 Å². The summed E-state index contributed by atoms with van der Waals surface area (Å²) in [6, 6.07) is -0.425. The summed E-state index contributed by atoms with van der Waals surface area (Å²) in [5.74, 6) is -0.770. The number of thiazole rings is 1. The predicted octanol–water partition coefficient (Wildman–Crippen LogP) is 2.31. The van der Waals surface area contributed by atoms with Gasteiger partial charge in [-0.15, -0.1) is 11.3 Å². The summed E-state index contributed by atoms with van der Waals surface area (Å²) in [4.78, 5) is 14.0. The van der Waals surface area contributed by atoms with Crippen LogP contribution in [-0.2, 0) is 17.8 Å². The lowest BCUT2D eigenvalue weighted by molar-refractivity contribution is -0.142. The van der Waals surface area contributed by atoms with Gasteiger partial charge in [-0.25, -0.2) is 0 Å². The zero-order valence-electron chi connectivity index (χ0n) is 12.8. The van der Waals surface area contributed by atoms with Crippen molar-refractivity contribution in [3.63, 3.8) is 0 Å². The Hall–Kier alpha value is -0.760. The number of rotatable bonds is 9. The van der Waals surface area contributed by atoms with E-state index in [1.165, 1.54) is 0 Å². The summed E-state index contributed by atoms with van der Waals surface area (Å²) in [6.07, 6.45) is 3.04. The summed E-state index contributed by atoms with van der Waals surface area (Å²) in [6.45, 7) is 2.97. The van der Waals surface area contributed by atoms with E-state index >= 15 is 0 Å². The van der Waals surface area contributed by atoms with Crippen molar-refractivity contribution in [2.24, 2.45) is 0 Å².